The van der Waals surface area contributed by atoms with Gasteiger partial charge in [-0.15, -0.1) is 0 Å². The number of aryl methyl sites for hydroxylation is 2. The van der Waals surface area contributed by atoms with E-state index in [2.05, 4.69) is 15.1 Å². The zero-order chi connectivity index (χ0) is 20.8. The van der Waals surface area contributed by atoms with E-state index < -0.39 is 5.97 Å². The molecule has 3 heterocycles. The van der Waals surface area contributed by atoms with Crippen molar-refractivity contribution >= 4 is 27.9 Å². The average molecular weight is 398 g/mol. The Morgan fingerprint density at radius 3 is 2.77 bits per heavy atom. The Balaban J connectivity index is 1.60. The van der Waals surface area contributed by atoms with E-state index in [4.69, 9.17) is 4.74 Å². The fourth-order valence-corrected chi connectivity index (χ4v) is 3.63. The van der Waals surface area contributed by atoms with Gasteiger partial charge in [-0.25, -0.2) is 4.79 Å². The van der Waals surface area contributed by atoms with Crippen LogP contribution in [0.25, 0.3) is 33.3 Å². The zero-order valence-corrected chi connectivity index (χ0v) is 16.4. The molecule has 3 aromatic heterocycles. The van der Waals surface area contributed by atoms with Gasteiger partial charge in [0.05, 0.1) is 27.8 Å². The number of hydrogen-bond acceptors (Lipinski definition) is 4. The highest BCUT2D eigenvalue weighted by molar-refractivity contribution is 6.03. The van der Waals surface area contributed by atoms with Crippen LogP contribution in [0, 0.1) is 6.92 Å². The first-order valence-electron chi connectivity index (χ1n) is 9.43. The van der Waals surface area contributed by atoms with Gasteiger partial charge in [-0.1, -0.05) is 18.2 Å². The van der Waals surface area contributed by atoms with Gasteiger partial charge in [-0.2, -0.15) is 5.10 Å². The van der Waals surface area contributed by atoms with Crippen molar-refractivity contribution in [2.45, 2.75) is 6.92 Å². The lowest BCUT2D eigenvalue weighted by Gasteiger charge is -2.08. The van der Waals surface area contributed by atoms with E-state index in [0.29, 0.717) is 16.7 Å². The molecular weight excluding hydrogens is 380 g/mol. The third-order valence-electron chi connectivity index (χ3n) is 5.15. The van der Waals surface area contributed by atoms with Gasteiger partial charge in [-0.3, -0.25) is 9.67 Å². The minimum absolute atomic E-state index is 0.181. The quantitative estimate of drug-likeness (QED) is 0.448. The van der Waals surface area contributed by atoms with Crippen molar-refractivity contribution < 1.29 is 14.6 Å². The molecule has 0 fully saturated rings. The van der Waals surface area contributed by atoms with Crippen molar-refractivity contribution in [2.24, 2.45) is 7.05 Å². The molecule has 0 bridgehead atoms. The molecule has 0 unspecified atom stereocenters. The molecule has 0 atom stereocenters. The number of rotatable bonds is 4. The highest BCUT2D eigenvalue weighted by atomic mass is 16.5. The fraction of sp³-hybridized carbons (Fsp3) is 0.0870. The van der Waals surface area contributed by atoms with E-state index >= 15 is 0 Å². The monoisotopic (exact) mass is 398 g/mol. The van der Waals surface area contributed by atoms with Crippen molar-refractivity contribution in [1.29, 1.82) is 0 Å². The maximum absolute atomic E-state index is 11.5. The van der Waals surface area contributed by atoms with E-state index in [1.165, 1.54) is 12.3 Å². The molecule has 5 aromatic rings. The van der Waals surface area contributed by atoms with E-state index in [1.54, 1.807) is 4.68 Å². The van der Waals surface area contributed by atoms with Gasteiger partial charge in [-0.05, 0) is 42.8 Å². The summed E-state index contributed by atoms with van der Waals surface area (Å²) < 4.78 is 7.84. The SMILES string of the molecule is Cc1ccccc1Oc1ccc2c(-c3cc4nccc(C(=O)O)c4[nH]3)nn(C)c2c1. The summed E-state index contributed by atoms with van der Waals surface area (Å²) in [7, 11) is 1.87. The van der Waals surface area contributed by atoms with Gasteiger partial charge in [0.15, 0.2) is 0 Å². The largest absolute Gasteiger partial charge is 0.478 e. The Kier molecular flexibility index (Phi) is 4.03. The summed E-state index contributed by atoms with van der Waals surface area (Å²) in [5.41, 5.74) is 4.65. The Morgan fingerprint density at radius 2 is 1.97 bits per heavy atom. The van der Waals surface area contributed by atoms with Crippen LogP contribution in [0.3, 0.4) is 0 Å². The smallest absolute Gasteiger partial charge is 0.337 e. The predicted octanol–water partition coefficient (Wildman–Crippen LogP) is 4.92. The van der Waals surface area contributed by atoms with Gasteiger partial charge in [0, 0.05) is 24.7 Å². The van der Waals surface area contributed by atoms with Gasteiger partial charge in [0.2, 0.25) is 0 Å². The van der Waals surface area contributed by atoms with Gasteiger partial charge >= 0.3 is 5.97 Å². The summed E-state index contributed by atoms with van der Waals surface area (Å²) in [6, 6.07) is 17.0. The van der Waals surface area contributed by atoms with Gasteiger partial charge < -0.3 is 14.8 Å². The number of pyridine rings is 1. The molecule has 148 valence electrons. The van der Waals surface area contributed by atoms with E-state index in [-0.39, 0.29) is 5.56 Å². The normalized spacial score (nSPS) is 11.3. The fourth-order valence-electron chi connectivity index (χ4n) is 3.63. The number of hydrogen-bond donors (Lipinski definition) is 2. The second-order valence-corrected chi connectivity index (χ2v) is 7.13. The van der Waals surface area contributed by atoms with E-state index in [0.717, 1.165) is 33.7 Å². The number of aromatic nitrogens is 4. The van der Waals surface area contributed by atoms with Crippen molar-refractivity contribution in [3.05, 3.63) is 71.9 Å². The summed E-state index contributed by atoms with van der Waals surface area (Å²) in [5, 5.41) is 15.0. The number of aromatic carboxylic acids is 1. The second kappa shape index (κ2) is 6.73. The molecule has 0 aliphatic rings. The Morgan fingerprint density at radius 1 is 1.13 bits per heavy atom. The number of para-hydroxylation sites is 1. The second-order valence-electron chi connectivity index (χ2n) is 7.13. The maximum atomic E-state index is 11.5. The first kappa shape index (κ1) is 17.9. The van der Waals surface area contributed by atoms with Crippen LogP contribution in [-0.4, -0.2) is 30.8 Å². The van der Waals surface area contributed by atoms with Gasteiger partial charge in [0.1, 0.15) is 17.2 Å². The molecular formula is C23H18N4O3. The summed E-state index contributed by atoms with van der Waals surface area (Å²) in [6.45, 7) is 2.01. The van der Waals surface area contributed by atoms with Crippen LogP contribution in [0.1, 0.15) is 15.9 Å². The number of aromatic amines is 1. The molecule has 7 heteroatoms. The first-order chi connectivity index (χ1) is 14.5. The minimum atomic E-state index is -1.00. The molecule has 0 saturated carbocycles. The predicted molar refractivity (Wildman–Crippen MR) is 114 cm³/mol. The lowest BCUT2D eigenvalue weighted by atomic mass is 10.1. The van der Waals surface area contributed by atoms with Crippen LogP contribution in [-0.2, 0) is 7.05 Å². The van der Waals surface area contributed by atoms with Gasteiger partial charge in [0.25, 0.3) is 0 Å². The van der Waals surface area contributed by atoms with Crippen molar-refractivity contribution in [3.8, 4) is 22.9 Å². The molecule has 0 aliphatic carbocycles. The summed E-state index contributed by atoms with van der Waals surface area (Å²) in [5.74, 6) is 0.527. The molecule has 0 radical (unpaired) electrons. The van der Waals surface area contributed by atoms with Crippen LogP contribution in [0.5, 0.6) is 11.5 Å². The minimum Gasteiger partial charge on any atom is -0.478 e. The Labute approximate surface area is 171 Å². The summed E-state index contributed by atoms with van der Waals surface area (Å²) in [6.07, 6.45) is 1.50. The molecule has 2 N–H and O–H groups in total. The number of ether oxygens (including phenoxy) is 1. The Hall–Kier alpha value is -4.13. The van der Waals surface area contributed by atoms with Crippen LogP contribution >= 0.6 is 0 Å². The molecule has 0 amide bonds. The summed E-state index contributed by atoms with van der Waals surface area (Å²) in [4.78, 5) is 19.0. The number of H-pyrrole nitrogens is 1. The highest BCUT2D eigenvalue weighted by Gasteiger charge is 2.17. The average Bonchev–Trinajstić information content (AvgIpc) is 3.30. The van der Waals surface area contributed by atoms with E-state index in [1.807, 2.05) is 62.5 Å². The number of nitrogens with zero attached hydrogens (tertiary/aromatic N) is 3. The molecule has 2 aromatic carbocycles. The topological polar surface area (TPSA) is 93.0 Å². The number of fused-ring (bicyclic) bond motifs is 2. The Bertz CT molecular complexity index is 1430. The van der Waals surface area contributed by atoms with Crippen LogP contribution < -0.4 is 4.74 Å². The number of carbonyl (C=O) groups is 1. The number of benzene rings is 2. The molecule has 0 spiro atoms. The highest BCUT2D eigenvalue weighted by Crippen LogP contribution is 2.33. The lowest BCUT2D eigenvalue weighted by molar-refractivity contribution is 0.0698. The molecule has 0 aliphatic heterocycles. The molecule has 30 heavy (non-hydrogen) atoms. The third-order valence-corrected chi connectivity index (χ3v) is 5.15. The number of nitrogens with one attached hydrogen (secondary N) is 1. The third kappa shape index (κ3) is 2.88. The summed E-state index contributed by atoms with van der Waals surface area (Å²) >= 11 is 0. The number of carboxylic acid groups (broad SMARTS) is 1. The standard InChI is InChI=1S/C23H18N4O3/c1-13-5-3-4-6-20(13)30-14-7-8-15-19(11-14)27(2)26-22(15)18-12-17-21(25-18)16(23(28)29)9-10-24-17/h3-12,25H,1-2H3,(H,28,29). The van der Waals surface area contributed by atoms with Crippen LogP contribution in [0.2, 0.25) is 0 Å². The van der Waals surface area contributed by atoms with Crippen molar-refractivity contribution in [3.63, 3.8) is 0 Å². The van der Waals surface area contributed by atoms with E-state index in [9.17, 15) is 9.90 Å². The van der Waals surface area contributed by atoms with Crippen LogP contribution in [0.4, 0.5) is 0 Å². The molecule has 5 rings (SSSR count). The first-order valence-corrected chi connectivity index (χ1v) is 9.43. The molecule has 0 saturated heterocycles. The molecule has 7 nitrogen and oxygen atoms in total. The van der Waals surface area contributed by atoms with Crippen LogP contribution in [0.15, 0.2) is 60.8 Å². The zero-order valence-electron chi connectivity index (χ0n) is 16.4. The number of carboxylic acids is 1. The maximum Gasteiger partial charge on any atom is 0.337 e. The van der Waals surface area contributed by atoms with Crippen molar-refractivity contribution in [2.75, 3.05) is 0 Å². The lowest BCUT2D eigenvalue weighted by Crippen LogP contribution is -1.97. The van der Waals surface area contributed by atoms with Crippen molar-refractivity contribution in [1.82, 2.24) is 19.7 Å².